The average Bonchev–Trinajstić information content (AvgIpc) is 2.49. The highest BCUT2D eigenvalue weighted by Crippen LogP contribution is 2.19. The molecule has 21 heavy (non-hydrogen) atoms. The number of carbonyl (C=O) groups excluding carboxylic acids is 1. The number of hydrogen-bond donors (Lipinski definition) is 2. The van der Waals surface area contributed by atoms with Crippen LogP contribution in [0.5, 0.6) is 0 Å². The number of hydrogen-bond acceptors (Lipinski definition) is 3. The van der Waals surface area contributed by atoms with Gasteiger partial charge in [0.05, 0.1) is 17.3 Å². The summed E-state index contributed by atoms with van der Waals surface area (Å²) in [6.07, 6.45) is 0. The highest BCUT2D eigenvalue weighted by Gasteiger charge is 2.08. The molecule has 0 heterocycles. The summed E-state index contributed by atoms with van der Waals surface area (Å²) in [6.45, 7) is 0.945. The second-order valence-corrected chi connectivity index (χ2v) is 5.03. The van der Waals surface area contributed by atoms with E-state index in [2.05, 4.69) is 5.32 Å². The van der Waals surface area contributed by atoms with Gasteiger partial charge in [0.15, 0.2) is 0 Å². The minimum absolute atomic E-state index is 0.189. The van der Waals surface area contributed by atoms with E-state index in [0.717, 1.165) is 11.1 Å². The van der Waals surface area contributed by atoms with Gasteiger partial charge in [-0.25, -0.2) is 0 Å². The molecule has 2 aromatic rings. The van der Waals surface area contributed by atoms with E-state index in [9.17, 15) is 4.79 Å². The Morgan fingerprint density at radius 3 is 2.62 bits per heavy atom. The standard InChI is InChI=1S/C16H17ClN2O2/c1-21-10-13-5-3-2-4-12(13)9-19-16(20)11-6-7-14(17)15(18)8-11/h2-8H,9-10,18H2,1H3,(H,19,20). The van der Waals surface area contributed by atoms with Crippen LogP contribution < -0.4 is 11.1 Å². The number of nitrogen functional groups attached to an aromatic ring is 1. The first-order valence-electron chi connectivity index (χ1n) is 6.50. The number of anilines is 1. The van der Waals surface area contributed by atoms with E-state index in [1.54, 1.807) is 25.3 Å². The van der Waals surface area contributed by atoms with E-state index < -0.39 is 0 Å². The zero-order chi connectivity index (χ0) is 15.2. The largest absolute Gasteiger partial charge is 0.398 e. The smallest absolute Gasteiger partial charge is 0.251 e. The monoisotopic (exact) mass is 304 g/mol. The maximum atomic E-state index is 12.1. The van der Waals surface area contributed by atoms with Crippen LogP contribution >= 0.6 is 11.6 Å². The van der Waals surface area contributed by atoms with Crippen LogP contribution in [-0.2, 0) is 17.9 Å². The molecule has 0 aliphatic heterocycles. The third-order valence-electron chi connectivity index (χ3n) is 3.12. The molecule has 2 rings (SSSR count). The first kappa shape index (κ1) is 15.4. The summed E-state index contributed by atoms with van der Waals surface area (Å²) < 4.78 is 5.15. The Hall–Kier alpha value is -2.04. The summed E-state index contributed by atoms with van der Waals surface area (Å²) in [5.74, 6) is -0.189. The van der Waals surface area contributed by atoms with Crippen molar-refractivity contribution in [3.63, 3.8) is 0 Å². The van der Waals surface area contributed by atoms with Crippen molar-refractivity contribution < 1.29 is 9.53 Å². The van der Waals surface area contributed by atoms with Crippen LogP contribution in [0.15, 0.2) is 42.5 Å². The van der Waals surface area contributed by atoms with E-state index in [-0.39, 0.29) is 5.91 Å². The quantitative estimate of drug-likeness (QED) is 0.835. The fraction of sp³-hybridized carbons (Fsp3) is 0.188. The van der Waals surface area contributed by atoms with Crippen LogP contribution in [0.4, 0.5) is 5.69 Å². The Labute approximate surface area is 128 Å². The Morgan fingerprint density at radius 1 is 1.24 bits per heavy atom. The third kappa shape index (κ3) is 3.97. The van der Waals surface area contributed by atoms with E-state index in [4.69, 9.17) is 22.1 Å². The molecule has 0 bridgehead atoms. The fourth-order valence-electron chi connectivity index (χ4n) is 1.99. The number of halogens is 1. The van der Waals surface area contributed by atoms with E-state index in [1.165, 1.54) is 0 Å². The minimum Gasteiger partial charge on any atom is -0.398 e. The lowest BCUT2D eigenvalue weighted by atomic mass is 10.1. The predicted octanol–water partition coefficient (Wildman–Crippen LogP) is 3.00. The SMILES string of the molecule is COCc1ccccc1CNC(=O)c1ccc(Cl)c(N)c1. The van der Waals surface area contributed by atoms with Gasteiger partial charge in [0, 0.05) is 19.2 Å². The molecule has 0 saturated heterocycles. The molecule has 0 aliphatic carbocycles. The number of rotatable bonds is 5. The van der Waals surface area contributed by atoms with Crippen LogP contribution in [-0.4, -0.2) is 13.0 Å². The van der Waals surface area contributed by atoms with Gasteiger partial charge in [-0.1, -0.05) is 35.9 Å². The Balaban J connectivity index is 2.05. The molecule has 1 amide bonds. The maximum Gasteiger partial charge on any atom is 0.251 e. The topological polar surface area (TPSA) is 64.3 Å². The van der Waals surface area contributed by atoms with Crippen molar-refractivity contribution >= 4 is 23.2 Å². The molecule has 110 valence electrons. The molecule has 5 heteroatoms. The lowest BCUT2D eigenvalue weighted by Crippen LogP contribution is -2.23. The number of ether oxygens (including phenoxy) is 1. The zero-order valence-electron chi connectivity index (χ0n) is 11.7. The van der Waals surface area contributed by atoms with Crippen LogP contribution in [0.2, 0.25) is 5.02 Å². The van der Waals surface area contributed by atoms with Crippen LogP contribution in [0.25, 0.3) is 0 Å². The predicted molar refractivity (Wildman–Crippen MR) is 84.2 cm³/mol. The second kappa shape index (κ2) is 7.11. The normalized spacial score (nSPS) is 10.4. The summed E-state index contributed by atoms with van der Waals surface area (Å²) in [7, 11) is 1.64. The molecule has 4 nitrogen and oxygen atoms in total. The van der Waals surface area contributed by atoms with Gasteiger partial charge in [0.2, 0.25) is 0 Å². The van der Waals surface area contributed by atoms with Crippen molar-refractivity contribution in [3.8, 4) is 0 Å². The molecule has 0 radical (unpaired) electrons. The van der Waals surface area contributed by atoms with E-state index in [0.29, 0.717) is 29.4 Å². The first-order valence-corrected chi connectivity index (χ1v) is 6.88. The van der Waals surface area contributed by atoms with Crippen molar-refractivity contribution in [2.45, 2.75) is 13.2 Å². The molecule has 0 unspecified atom stereocenters. The van der Waals surface area contributed by atoms with Crippen molar-refractivity contribution in [1.29, 1.82) is 0 Å². The van der Waals surface area contributed by atoms with Gasteiger partial charge in [-0.05, 0) is 29.3 Å². The van der Waals surface area contributed by atoms with Gasteiger partial charge in [-0.15, -0.1) is 0 Å². The summed E-state index contributed by atoms with van der Waals surface area (Å²) >= 11 is 5.84. The molecule has 0 atom stereocenters. The second-order valence-electron chi connectivity index (χ2n) is 4.62. The number of nitrogens with one attached hydrogen (secondary N) is 1. The summed E-state index contributed by atoms with van der Waals surface area (Å²) in [4.78, 5) is 12.1. The fourth-order valence-corrected chi connectivity index (χ4v) is 2.11. The molecule has 0 fully saturated rings. The molecular formula is C16H17ClN2O2. The number of nitrogens with two attached hydrogens (primary N) is 1. The Bertz CT molecular complexity index is 644. The molecular weight excluding hydrogens is 288 g/mol. The average molecular weight is 305 g/mol. The van der Waals surface area contributed by atoms with Gasteiger partial charge in [0.1, 0.15) is 0 Å². The third-order valence-corrected chi connectivity index (χ3v) is 3.46. The summed E-state index contributed by atoms with van der Waals surface area (Å²) in [5.41, 5.74) is 8.66. The van der Waals surface area contributed by atoms with Gasteiger partial charge >= 0.3 is 0 Å². The first-order chi connectivity index (χ1) is 10.1. The Kier molecular flexibility index (Phi) is 5.20. The minimum atomic E-state index is -0.189. The molecule has 3 N–H and O–H groups in total. The molecule has 2 aromatic carbocycles. The van der Waals surface area contributed by atoms with Gasteiger partial charge in [0.25, 0.3) is 5.91 Å². The van der Waals surface area contributed by atoms with Gasteiger partial charge in [-0.3, -0.25) is 4.79 Å². The molecule has 0 spiro atoms. The molecule has 0 saturated carbocycles. The van der Waals surface area contributed by atoms with Crippen LogP contribution in [0, 0.1) is 0 Å². The maximum absolute atomic E-state index is 12.1. The van der Waals surface area contributed by atoms with Gasteiger partial charge in [-0.2, -0.15) is 0 Å². The lowest BCUT2D eigenvalue weighted by Gasteiger charge is -2.10. The highest BCUT2D eigenvalue weighted by atomic mass is 35.5. The van der Waals surface area contributed by atoms with Crippen molar-refractivity contribution in [3.05, 3.63) is 64.2 Å². The summed E-state index contributed by atoms with van der Waals surface area (Å²) in [6, 6.07) is 12.6. The van der Waals surface area contributed by atoms with E-state index in [1.807, 2.05) is 24.3 Å². The number of benzene rings is 2. The summed E-state index contributed by atoms with van der Waals surface area (Å²) in [5, 5.41) is 3.31. The Morgan fingerprint density at radius 2 is 1.95 bits per heavy atom. The molecule has 0 aliphatic rings. The van der Waals surface area contributed by atoms with Gasteiger partial charge < -0.3 is 15.8 Å². The number of methoxy groups -OCH3 is 1. The van der Waals surface area contributed by atoms with E-state index >= 15 is 0 Å². The van der Waals surface area contributed by atoms with Crippen LogP contribution in [0.3, 0.4) is 0 Å². The van der Waals surface area contributed by atoms with Crippen LogP contribution in [0.1, 0.15) is 21.5 Å². The van der Waals surface area contributed by atoms with Crippen molar-refractivity contribution in [1.82, 2.24) is 5.32 Å². The van der Waals surface area contributed by atoms with Crippen molar-refractivity contribution in [2.75, 3.05) is 12.8 Å². The number of amides is 1. The number of carbonyl (C=O) groups is 1. The van der Waals surface area contributed by atoms with Crippen molar-refractivity contribution in [2.24, 2.45) is 0 Å². The lowest BCUT2D eigenvalue weighted by molar-refractivity contribution is 0.0950. The zero-order valence-corrected chi connectivity index (χ0v) is 12.5. The highest BCUT2D eigenvalue weighted by molar-refractivity contribution is 6.33. The molecule has 0 aromatic heterocycles.